The van der Waals surface area contributed by atoms with Gasteiger partial charge in [-0.1, -0.05) is 0 Å². The number of halogens is 1. The second kappa shape index (κ2) is 5.74. The summed E-state index contributed by atoms with van der Waals surface area (Å²) in [7, 11) is -1.96. The Morgan fingerprint density at radius 3 is 2.76 bits per heavy atom. The molecule has 112 valence electrons. The maximum atomic E-state index is 13.2. The molecule has 0 saturated carbocycles. The maximum absolute atomic E-state index is 13.2. The van der Waals surface area contributed by atoms with Gasteiger partial charge < -0.3 is 0 Å². The van der Waals surface area contributed by atoms with Crippen LogP contribution in [0.25, 0.3) is 11.3 Å². The van der Waals surface area contributed by atoms with Gasteiger partial charge in [0.25, 0.3) is 10.1 Å². The molecule has 0 bridgehead atoms. The van der Waals surface area contributed by atoms with Crippen LogP contribution in [0.3, 0.4) is 0 Å². The molecule has 0 amide bonds. The summed E-state index contributed by atoms with van der Waals surface area (Å²) in [5.74, 6) is -0.531. The zero-order valence-electron chi connectivity index (χ0n) is 11.4. The highest BCUT2D eigenvalue weighted by molar-refractivity contribution is 7.85. The summed E-state index contributed by atoms with van der Waals surface area (Å²) in [6.45, 7) is -0.211. The fraction of sp³-hybridized carbons (Fsp3) is 0.231. The third-order valence-electron chi connectivity index (χ3n) is 2.84. The molecule has 6 nitrogen and oxygen atoms in total. The molecule has 0 spiro atoms. The van der Waals surface area contributed by atoms with E-state index in [9.17, 15) is 17.6 Å². The number of rotatable bonds is 5. The molecule has 0 aliphatic carbocycles. The predicted molar refractivity (Wildman–Crippen MR) is 73.6 cm³/mol. The van der Waals surface area contributed by atoms with Gasteiger partial charge in [-0.15, -0.1) is 0 Å². The Morgan fingerprint density at radius 1 is 1.43 bits per heavy atom. The van der Waals surface area contributed by atoms with Crippen LogP contribution in [0, 0.1) is 5.82 Å². The first-order valence-electron chi connectivity index (χ1n) is 5.92. The molecule has 2 rings (SSSR count). The minimum absolute atomic E-state index is 0.152. The number of aldehydes is 1. The second-order valence-electron chi connectivity index (χ2n) is 4.46. The monoisotopic (exact) mass is 312 g/mol. The second-order valence-corrected chi connectivity index (χ2v) is 6.10. The SMILES string of the molecule is Cn1ncc(COS(C)(=O)=O)c1-c1ccc(F)cc1C=O. The van der Waals surface area contributed by atoms with E-state index in [4.69, 9.17) is 4.18 Å². The highest BCUT2D eigenvalue weighted by Gasteiger charge is 2.16. The molecule has 0 saturated heterocycles. The van der Waals surface area contributed by atoms with E-state index in [2.05, 4.69) is 5.10 Å². The molecule has 0 fully saturated rings. The number of carbonyl (C=O) groups is 1. The lowest BCUT2D eigenvalue weighted by atomic mass is 10.0. The van der Waals surface area contributed by atoms with Crippen molar-refractivity contribution in [2.45, 2.75) is 6.61 Å². The zero-order chi connectivity index (χ0) is 15.6. The summed E-state index contributed by atoms with van der Waals surface area (Å²) < 4.78 is 41.6. The molecule has 21 heavy (non-hydrogen) atoms. The predicted octanol–water partition coefficient (Wildman–Crippen LogP) is 1.51. The fourth-order valence-electron chi connectivity index (χ4n) is 1.95. The average Bonchev–Trinajstić information content (AvgIpc) is 2.77. The molecule has 1 heterocycles. The Morgan fingerprint density at radius 2 is 2.14 bits per heavy atom. The van der Waals surface area contributed by atoms with Crippen molar-refractivity contribution >= 4 is 16.4 Å². The van der Waals surface area contributed by atoms with Crippen molar-refractivity contribution in [3.05, 3.63) is 41.3 Å². The molecule has 0 atom stereocenters. The molecule has 0 aliphatic heterocycles. The molecule has 0 unspecified atom stereocenters. The van der Waals surface area contributed by atoms with E-state index in [0.717, 1.165) is 12.3 Å². The van der Waals surface area contributed by atoms with Crippen LogP contribution in [0.4, 0.5) is 4.39 Å². The Balaban J connectivity index is 2.49. The van der Waals surface area contributed by atoms with E-state index in [1.165, 1.54) is 23.0 Å². The molecule has 0 radical (unpaired) electrons. The van der Waals surface area contributed by atoms with Gasteiger partial charge in [0, 0.05) is 23.7 Å². The third-order valence-corrected chi connectivity index (χ3v) is 3.38. The van der Waals surface area contributed by atoms with Crippen molar-refractivity contribution in [3.63, 3.8) is 0 Å². The molecular weight excluding hydrogens is 299 g/mol. The quantitative estimate of drug-likeness (QED) is 0.618. The van der Waals surface area contributed by atoms with E-state index in [-0.39, 0.29) is 12.2 Å². The van der Waals surface area contributed by atoms with Crippen molar-refractivity contribution in [2.75, 3.05) is 6.26 Å². The van der Waals surface area contributed by atoms with E-state index >= 15 is 0 Å². The van der Waals surface area contributed by atoms with Gasteiger partial charge in [0.05, 0.1) is 24.8 Å². The van der Waals surface area contributed by atoms with Crippen LogP contribution in [0.1, 0.15) is 15.9 Å². The van der Waals surface area contributed by atoms with Crippen LogP contribution in [-0.4, -0.2) is 30.7 Å². The van der Waals surface area contributed by atoms with Crippen molar-refractivity contribution in [1.29, 1.82) is 0 Å². The third kappa shape index (κ3) is 3.53. The highest BCUT2D eigenvalue weighted by atomic mass is 32.2. The van der Waals surface area contributed by atoms with Crippen LogP contribution >= 0.6 is 0 Å². The van der Waals surface area contributed by atoms with Gasteiger partial charge in [0.15, 0.2) is 6.29 Å². The summed E-state index contributed by atoms with van der Waals surface area (Å²) >= 11 is 0. The largest absolute Gasteiger partial charge is 0.298 e. The molecule has 0 aliphatic rings. The summed E-state index contributed by atoms with van der Waals surface area (Å²) in [5.41, 5.74) is 1.59. The van der Waals surface area contributed by atoms with Gasteiger partial charge in [0.1, 0.15) is 5.82 Å². The summed E-state index contributed by atoms with van der Waals surface area (Å²) in [4.78, 5) is 11.1. The van der Waals surface area contributed by atoms with Gasteiger partial charge in [0.2, 0.25) is 0 Å². The van der Waals surface area contributed by atoms with Gasteiger partial charge >= 0.3 is 0 Å². The number of hydrogen-bond acceptors (Lipinski definition) is 5. The van der Waals surface area contributed by atoms with Crippen molar-refractivity contribution in [3.8, 4) is 11.3 Å². The van der Waals surface area contributed by atoms with Gasteiger partial charge in [-0.3, -0.25) is 13.7 Å². The van der Waals surface area contributed by atoms with Crippen LogP contribution < -0.4 is 0 Å². The van der Waals surface area contributed by atoms with Crippen LogP contribution in [-0.2, 0) is 28.0 Å². The first-order valence-corrected chi connectivity index (χ1v) is 7.74. The Hall–Kier alpha value is -2.06. The normalized spacial score (nSPS) is 11.6. The van der Waals surface area contributed by atoms with Crippen LogP contribution in [0.15, 0.2) is 24.4 Å². The first kappa shape index (κ1) is 15.3. The fourth-order valence-corrected chi connectivity index (χ4v) is 2.29. The van der Waals surface area contributed by atoms with Crippen molar-refractivity contribution < 1.29 is 21.8 Å². The molecule has 8 heteroatoms. The standard InChI is InChI=1S/C13H13FN2O4S/c1-16-13(10(6-15-16)8-20-21(2,18)19)12-4-3-11(14)5-9(12)7-17/h3-7H,8H2,1-2H3. The van der Waals surface area contributed by atoms with E-state index < -0.39 is 15.9 Å². The average molecular weight is 312 g/mol. The number of hydrogen-bond donors (Lipinski definition) is 0. The number of benzene rings is 1. The smallest absolute Gasteiger partial charge is 0.264 e. The Labute approximate surface area is 121 Å². The van der Waals surface area contributed by atoms with Gasteiger partial charge in [-0.05, 0) is 18.2 Å². The number of carbonyl (C=O) groups excluding carboxylic acids is 1. The van der Waals surface area contributed by atoms with Crippen LogP contribution in [0.5, 0.6) is 0 Å². The topological polar surface area (TPSA) is 78.3 Å². The van der Waals surface area contributed by atoms with E-state index in [1.54, 1.807) is 7.05 Å². The summed E-state index contributed by atoms with van der Waals surface area (Å²) in [6.07, 6.45) is 2.92. The Kier molecular flexibility index (Phi) is 4.19. The number of aryl methyl sites for hydroxylation is 1. The molecular formula is C13H13FN2O4S. The maximum Gasteiger partial charge on any atom is 0.264 e. The lowest BCUT2D eigenvalue weighted by Gasteiger charge is -2.09. The zero-order valence-corrected chi connectivity index (χ0v) is 12.2. The lowest BCUT2D eigenvalue weighted by molar-refractivity contribution is 0.112. The Bertz CT molecular complexity index is 783. The van der Waals surface area contributed by atoms with Crippen molar-refractivity contribution in [1.82, 2.24) is 9.78 Å². The number of aromatic nitrogens is 2. The molecule has 1 aromatic carbocycles. The number of nitrogens with zero attached hydrogens (tertiary/aromatic N) is 2. The van der Waals surface area contributed by atoms with E-state index in [1.807, 2.05) is 0 Å². The highest BCUT2D eigenvalue weighted by Crippen LogP contribution is 2.27. The minimum atomic E-state index is -3.60. The summed E-state index contributed by atoms with van der Waals surface area (Å²) in [5, 5.41) is 4.02. The van der Waals surface area contributed by atoms with E-state index in [0.29, 0.717) is 23.1 Å². The molecule has 1 aromatic heterocycles. The van der Waals surface area contributed by atoms with Gasteiger partial charge in [-0.2, -0.15) is 13.5 Å². The first-order chi connectivity index (χ1) is 9.81. The molecule has 2 aromatic rings. The minimum Gasteiger partial charge on any atom is -0.298 e. The van der Waals surface area contributed by atoms with Crippen LogP contribution in [0.2, 0.25) is 0 Å². The molecule has 0 N–H and O–H groups in total. The summed E-state index contributed by atoms with van der Waals surface area (Å²) in [6, 6.07) is 3.77. The van der Waals surface area contributed by atoms with Gasteiger partial charge in [-0.25, -0.2) is 4.39 Å². The van der Waals surface area contributed by atoms with Crippen molar-refractivity contribution in [2.24, 2.45) is 7.05 Å². The lowest BCUT2D eigenvalue weighted by Crippen LogP contribution is -2.04.